The highest BCUT2D eigenvalue weighted by Crippen LogP contribution is 2.39. The summed E-state index contributed by atoms with van der Waals surface area (Å²) in [4.78, 5) is 11.8. The lowest BCUT2D eigenvalue weighted by molar-refractivity contribution is 0.0573. The number of aromatic nitrogens is 3. The highest BCUT2D eigenvalue weighted by Gasteiger charge is 2.37. The van der Waals surface area contributed by atoms with E-state index < -0.39 is 0 Å². The molecular weight excluding hydrogens is 307 g/mol. The number of halogens is 2. The summed E-state index contributed by atoms with van der Waals surface area (Å²) in [5.74, 6) is 1.62. The van der Waals surface area contributed by atoms with Crippen LogP contribution in [0.3, 0.4) is 0 Å². The van der Waals surface area contributed by atoms with Crippen molar-refractivity contribution < 1.29 is 0 Å². The summed E-state index contributed by atoms with van der Waals surface area (Å²) in [6, 6.07) is 2.31. The molecule has 0 N–H and O–H groups in total. The van der Waals surface area contributed by atoms with E-state index in [2.05, 4.69) is 14.5 Å². The van der Waals surface area contributed by atoms with Crippen molar-refractivity contribution in [3.05, 3.63) is 23.1 Å². The van der Waals surface area contributed by atoms with Gasteiger partial charge in [-0.05, 0) is 44.8 Å². The Morgan fingerprint density at radius 3 is 2.71 bits per heavy atom. The summed E-state index contributed by atoms with van der Waals surface area (Å²) >= 11 is 12.4. The molecule has 2 bridgehead atoms. The van der Waals surface area contributed by atoms with Crippen LogP contribution < -0.4 is 0 Å². The Hall–Kier alpha value is -0.840. The third-order valence-electron chi connectivity index (χ3n) is 4.83. The molecule has 0 spiro atoms. The van der Waals surface area contributed by atoms with E-state index in [1.165, 1.54) is 25.9 Å². The number of hydrogen-bond donors (Lipinski definition) is 0. The summed E-state index contributed by atoms with van der Waals surface area (Å²) in [7, 11) is 0. The lowest BCUT2D eigenvalue weighted by atomic mass is 9.84. The maximum Gasteiger partial charge on any atom is 0.160 e. The van der Waals surface area contributed by atoms with Crippen molar-refractivity contribution in [3.8, 4) is 0 Å². The van der Waals surface area contributed by atoms with Crippen LogP contribution >= 0.6 is 23.2 Å². The number of hydrogen-bond acceptors (Lipinski definition) is 3. The van der Waals surface area contributed by atoms with E-state index in [9.17, 15) is 0 Å². The Balaban J connectivity index is 1.88. The van der Waals surface area contributed by atoms with E-state index in [4.69, 9.17) is 28.2 Å². The Morgan fingerprint density at radius 1 is 1.33 bits per heavy atom. The average Bonchev–Trinajstić information content (AvgIpc) is 2.87. The first-order valence-electron chi connectivity index (χ1n) is 7.53. The van der Waals surface area contributed by atoms with Crippen molar-refractivity contribution in [1.82, 2.24) is 19.4 Å². The first-order chi connectivity index (χ1) is 10.1. The fourth-order valence-corrected chi connectivity index (χ4v) is 4.12. The summed E-state index contributed by atoms with van der Waals surface area (Å²) in [6.07, 6.45) is 4.22. The van der Waals surface area contributed by atoms with E-state index in [0.717, 1.165) is 23.5 Å². The second kappa shape index (κ2) is 5.11. The SMILES string of the molecule is CC(Cl)c1nc2cc(Cl)cnc2n1C1CN2CCC1CC2. The third-order valence-corrected chi connectivity index (χ3v) is 5.23. The van der Waals surface area contributed by atoms with E-state index >= 15 is 0 Å². The minimum absolute atomic E-state index is 0.131. The molecule has 5 rings (SSSR count). The zero-order chi connectivity index (χ0) is 14.6. The smallest absolute Gasteiger partial charge is 0.160 e. The largest absolute Gasteiger partial charge is 0.307 e. The predicted molar refractivity (Wildman–Crippen MR) is 85.0 cm³/mol. The zero-order valence-electron chi connectivity index (χ0n) is 12.0. The second-order valence-electron chi connectivity index (χ2n) is 6.16. The molecule has 4 nitrogen and oxygen atoms in total. The van der Waals surface area contributed by atoms with Crippen LogP contribution in [0.15, 0.2) is 12.3 Å². The first kappa shape index (κ1) is 13.8. The predicted octanol–water partition coefficient (Wildman–Crippen LogP) is 3.65. The van der Waals surface area contributed by atoms with Gasteiger partial charge in [0.05, 0.1) is 16.4 Å². The number of fused-ring (bicyclic) bond motifs is 4. The molecule has 0 amide bonds. The van der Waals surface area contributed by atoms with Gasteiger partial charge in [0.1, 0.15) is 11.3 Å². The van der Waals surface area contributed by atoms with Crippen molar-refractivity contribution >= 4 is 34.4 Å². The molecule has 0 radical (unpaired) electrons. The summed E-state index contributed by atoms with van der Waals surface area (Å²) in [5, 5.41) is 0.489. The van der Waals surface area contributed by atoms with Gasteiger partial charge in [-0.3, -0.25) is 0 Å². The number of rotatable bonds is 2. The van der Waals surface area contributed by atoms with Gasteiger partial charge in [0.2, 0.25) is 0 Å². The molecule has 3 aliphatic heterocycles. The van der Waals surface area contributed by atoms with Gasteiger partial charge >= 0.3 is 0 Å². The van der Waals surface area contributed by atoms with Crippen LogP contribution in [0.4, 0.5) is 0 Å². The van der Waals surface area contributed by atoms with Crippen molar-refractivity contribution in [2.24, 2.45) is 5.92 Å². The number of piperidine rings is 3. The van der Waals surface area contributed by atoms with Gasteiger partial charge in [-0.15, -0.1) is 11.6 Å². The Labute approximate surface area is 134 Å². The average molecular weight is 325 g/mol. The fraction of sp³-hybridized carbons (Fsp3) is 0.600. The van der Waals surface area contributed by atoms with Crippen LogP contribution in [0.2, 0.25) is 5.02 Å². The molecule has 5 heterocycles. The van der Waals surface area contributed by atoms with Gasteiger partial charge < -0.3 is 9.47 Å². The molecule has 0 aromatic carbocycles. The molecule has 3 saturated heterocycles. The van der Waals surface area contributed by atoms with Gasteiger partial charge in [0.25, 0.3) is 0 Å². The molecule has 3 fully saturated rings. The Kier molecular flexibility index (Phi) is 3.36. The minimum Gasteiger partial charge on any atom is -0.307 e. The normalized spacial score (nSPS) is 30.0. The second-order valence-corrected chi connectivity index (χ2v) is 7.25. The number of alkyl halides is 1. The molecule has 2 unspecified atom stereocenters. The molecule has 0 aliphatic carbocycles. The van der Waals surface area contributed by atoms with Crippen molar-refractivity contribution in [2.45, 2.75) is 31.2 Å². The van der Waals surface area contributed by atoms with Crippen LogP contribution in [0.25, 0.3) is 11.2 Å². The van der Waals surface area contributed by atoms with E-state index in [-0.39, 0.29) is 5.38 Å². The van der Waals surface area contributed by atoms with Gasteiger partial charge in [0, 0.05) is 12.7 Å². The zero-order valence-corrected chi connectivity index (χ0v) is 13.5. The van der Waals surface area contributed by atoms with Crippen molar-refractivity contribution in [3.63, 3.8) is 0 Å². The molecule has 2 aromatic rings. The van der Waals surface area contributed by atoms with Crippen LogP contribution in [0.1, 0.15) is 37.0 Å². The van der Waals surface area contributed by atoms with E-state index in [1.807, 2.05) is 13.0 Å². The van der Waals surface area contributed by atoms with Crippen molar-refractivity contribution in [1.29, 1.82) is 0 Å². The van der Waals surface area contributed by atoms with Crippen molar-refractivity contribution in [2.75, 3.05) is 19.6 Å². The van der Waals surface area contributed by atoms with E-state index in [1.54, 1.807) is 6.20 Å². The number of nitrogens with zero attached hydrogens (tertiary/aromatic N) is 4. The van der Waals surface area contributed by atoms with Crippen LogP contribution in [0, 0.1) is 5.92 Å². The monoisotopic (exact) mass is 324 g/mol. The van der Waals surface area contributed by atoms with Gasteiger partial charge in [0.15, 0.2) is 5.65 Å². The third kappa shape index (κ3) is 2.24. The topological polar surface area (TPSA) is 34.0 Å². The minimum atomic E-state index is -0.131. The van der Waals surface area contributed by atoms with Gasteiger partial charge in [-0.1, -0.05) is 11.6 Å². The molecule has 0 saturated carbocycles. The maximum atomic E-state index is 6.38. The summed E-state index contributed by atoms with van der Waals surface area (Å²) in [6.45, 7) is 5.50. The van der Waals surface area contributed by atoms with Crippen LogP contribution in [-0.4, -0.2) is 39.1 Å². The molecule has 112 valence electrons. The fourth-order valence-electron chi connectivity index (χ4n) is 3.81. The van der Waals surface area contributed by atoms with Gasteiger partial charge in [-0.2, -0.15) is 0 Å². The van der Waals surface area contributed by atoms with E-state index in [0.29, 0.717) is 17.0 Å². The molecule has 3 aliphatic rings. The number of imidazole rings is 1. The Morgan fingerprint density at radius 2 is 2.10 bits per heavy atom. The summed E-state index contributed by atoms with van der Waals surface area (Å²) < 4.78 is 2.28. The standard InChI is InChI=1S/C15H18Cl2N4/c1-9(16)14-19-12-6-11(17)7-18-15(12)21(14)13-8-20-4-2-10(13)3-5-20/h6-7,9-10,13H,2-5,8H2,1H3. The molecule has 21 heavy (non-hydrogen) atoms. The van der Waals surface area contributed by atoms with Gasteiger partial charge in [-0.25, -0.2) is 9.97 Å². The lowest BCUT2D eigenvalue weighted by Crippen LogP contribution is -2.48. The quantitative estimate of drug-likeness (QED) is 0.791. The molecule has 6 heteroatoms. The molecule has 2 atom stereocenters. The highest BCUT2D eigenvalue weighted by atomic mass is 35.5. The van der Waals surface area contributed by atoms with Crippen LogP contribution in [-0.2, 0) is 0 Å². The lowest BCUT2D eigenvalue weighted by Gasteiger charge is -2.45. The Bertz CT molecular complexity index is 674. The highest BCUT2D eigenvalue weighted by molar-refractivity contribution is 6.31. The summed E-state index contributed by atoms with van der Waals surface area (Å²) in [5.41, 5.74) is 1.77. The molecular formula is C15H18Cl2N4. The first-order valence-corrected chi connectivity index (χ1v) is 8.34. The van der Waals surface area contributed by atoms with Crippen LogP contribution in [0.5, 0.6) is 0 Å². The maximum absolute atomic E-state index is 6.38. The molecule has 2 aromatic heterocycles. The number of pyridine rings is 1.